The highest BCUT2D eigenvalue weighted by Gasteiger charge is 2.39. The van der Waals surface area contributed by atoms with Gasteiger partial charge >= 0.3 is 5.97 Å². The summed E-state index contributed by atoms with van der Waals surface area (Å²) < 4.78 is 13.2. The van der Waals surface area contributed by atoms with Crippen LogP contribution < -0.4 is 15.6 Å². The molecule has 0 saturated heterocycles. The number of nitrogens with one attached hydrogen (secondary N) is 2. The number of H-pyrrole nitrogens is 1. The highest BCUT2D eigenvalue weighted by Crippen LogP contribution is 2.41. The van der Waals surface area contributed by atoms with Crippen LogP contribution in [0, 0.1) is 0 Å². The van der Waals surface area contributed by atoms with Gasteiger partial charge in [0.05, 0.1) is 18.0 Å². The van der Waals surface area contributed by atoms with Crippen molar-refractivity contribution in [1.29, 1.82) is 0 Å². The number of aromatic nitrogens is 1. The first-order valence-electron chi connectivity index (χ1n) is 14.9. The van der Waals surface area contributed by atoms with Gasteiger partial charge in [0, 0.05) is 24.0 Å². The largest absolute Gasteiger partial charge is 0.487 e. The first-order valence-corrected chi connectivity index (χ1v) is 17.8. The quantitative estimate of drug-likeness (QED) is 0.143. The molecule has 1 aromatic heterocycles. The second kappa shape index (κ2) is 13.7. The number of hydrogen-bond acceptors (Lipinski definition) is 5. The maximum Gasteiger partial charge on any atom is 0.307 e. The number of hydrogen-bond donors (Lipinski definition) is 3. The van der Waals surface area contributed by atoms with Gasteiger partial charge in [0.25, 0.3) is 0 Å². The van der Waals surface area contributed by atoms with E-state index in [9.17, 15) is 9.59 Å². The Balaban J connectivity index is 1.60. The van der Waals surface area contributed by atoms with E-state index >= 15 is 0 Å². The van der Waals surface area contributed by atoms with Crippen molar-refractivity contribution in [1.82, 2.24) is 10.3 Å². The molecule has 0 saturated carbocycles. The van der Waals surface area contributed by atoms with E-state index in [-0.39, 0.29) is 29.2 Å². The lowest BCUT2D eigenvalue weighted by Gasteiger charge is -2.40. The molecule has 3 aromatic carbocycles. The molecule has 8 heteroatoms. The van der Waals surface area contributed by atoms with Gasteiger partial charge in [-0.05, 0) is 65.9 Å². The molecule has 3 N–H and O–H groups in total. The van der Waals surface area contributed by atoms with E-state index in [0.717, 1.165) is 34.1 Å². The highest BCUT2D eigenvalue weighted by atomic mass is 28.4. The summed E-state index contributed by atoms with van der Waals surface area (Å²) in [6.45, 7) is 14.3. The maximum atomic E-state index is 12.4. The van der Waals surface area contributed by atoms with Crippen molar-refractivity contribution >= 4 is 25.2 Å². The molecule has 0 spiro atoms. The predicted octanol–water partition coefficient (Wildman–Crippen LogP) is 7.02. The fraction of sp³-hybridized carbons (Fsp3) is 0.371. The first kappa shape index (κ1) is 32.2. The summed E-state index contributed by atoms with van der Waals surface area (Å²) in [6, 6.07) is 25.3. The minimum absolute atomic E-state index is 0.0113. The van der Waals surface area contributed by atoms with Gasteiger partial charge in [0.2, 0.25) is 5.56 Å². The third-order valence-electron chi connectivity index (χ3n) is 8.29. The Morgan fingerprint density at radius 2 is 1.60 bits per heavy atom. The second-order valence-corrected chi connectivity index (χ2v) is 17.6. The Hall–Kier alpha value is -3.72. The van der Waals surface area contributed by atoms with Crippen LogP contribution in [0.2, 0.25) is 18.1 Å². The van der Waals surface area contributed by atoms with Crippen molar-refractivity contribution in [2.24, 2.45) is 0 Å². The molecule has 228 valence electrons. The topological polar surface area (TPSA) is 101 Å². The molecule has 0 unspecified atom stereocenters. The van der Waals surface area contributed by atoms with E-state index in [1.165, 1.54) is 0 Å². The molecule has 4 aromatic rings. The number of fused-ring (bicyclic) bond motifs is 1. The smallest absolute Gasteiger partial charge is 0.307 e. The number of aliphatic carboxylic acids is 1. The van der Waals surface area contributed by atoms with Crippen LogP contribution in [0.3, 0.4) is 0 Å². The molecule has 43 heavy (non-hydrogen) atoms. The average molecular weight is 601 g/mol. The van der Waals surface area contributed by atoms with Crippen LogP contribution in [0.15, 0.2) is 83.7 Å². The minimum atomic E-state index is -2.18. The summed E-state index contributed by atoms with van der Waals surface area (Å²) in [6.07, 6.45) is 0.564. The first-order chi connectivity index (χ1) is 20.3. The monoisotopic (exact) mass is 600 g/mol. The van der Waals surface area contributed by atoms with Crippen LogP contribution >= 0.6 is 0 Å². The number of carboxylic acid groups (broad SMARTS) is 1. The van der Waals surface area contributed by atoms with Gasteiger partial charge in [0.1, 0.15) is 12.4 Å². The Kier molecular flexibility index (Phi) is 10.3. The normalized spacial score (nSPS) is 13.5. The number of carboxylic acids is 1. The Labute approximate surface area is 255 Å². The molecule has 0 aliphatic rings. The third-order valence-corrected chi connectivity index (χ3v) is 12.8. The molecule has 0 fully saturated rings. The summed E-state index contributed by atoms with van der Waals surface area (Å²) in [4.78, 5) is 26.5. The summed E-state index contributed by atoms with van der Waals surface area (Å²) in [5.41, 5.74) is 4.46. The van der Waals surface area contributed by atoms with Crippen molar-refractivity contribution in [3.05, 3.63) is 111 Å². The van der Waals surface area contributed by atoms with E-state index in [0.29, 0.717) is 24.4 Å². The molecule has 1 heterocycles. The summed E-state index contributed by atoms with van der Waals surface area (Å²) in [7, 11) is -2.18. The fourth-order valence-corrected chi connectivity index (χ4v) is 6.11. The number of carbonyl (C=O) groups is 1. The van der Waals surface area contributed by atoms with Crippen LogP contribution in [-0.4, -0.2) is 37.0 Å². The van der Waals surface area contributed by atoms with Crippen molar-refractivity contribution in [3.8, 4) is 5.75 Å². The fourth-order valence-electron chi connectivity index (χ4n) is 4.83. The Bertz CT molecular complexity index is 1580. The zero-order valence-corrected chi connectivity index (χ0v) is 27.1. The van der Waals surface area contributed by atoms with Crippen molar-refractivity contribution in [2.45, 2.75) is 77.4 Å². The van der Waals surface area contributed by atoms with Crippen LogP contribution in [0.1, 0.15) is 56.1 Å². The van der Waals surface area contributed by atoms with Crippen molar-refractivity contribution in [2.75, 3.05) is 6.54 Å². The van der Waals surface area contributed by atoms with Gasteiger partial charge in [-0.15, -0.1) is 0 Å². The Morgan fingerprint density at radius 3 is 2.26 bits per heavy atom. The lowest BCUT2D eigenvalue weighted by atomic mass is 10.0. The van der Waals surface area contributed by atoms with Gasteiger partial charge in [-0.2, -0.15) is 0 Å². The lowest BCUT2D eigenvalue weighted by molar-refractivity contribution is -0.136. The molecule has 7 nitrogen and oxygen atoms in total. The molecule has 0 aliphatic carbocycles. The Morgan fingerprint density at radius 1 is 0.930 bits per heavy atom. The molecule has 0 amide bonds. The molecule has 2 atom stereocenters. The summed E-state index contributed by atoms with van der Waals surface area (Å²) >= 11 is 0. The SMILES string of the molecule is C[C@H](Cc1ccc(CC(=O)O)cc1)NC[C@@H](O[Si](C)(C)C(C)(C)C)c1ccc(OCc2ccccc2)c2[nH]c(=O)ccc12. The van der Waals surface area contributed by atoms with Gasteiger partial charge in [0.15, 0.2) is 8.32 Å². The van der Waals surface area contributed by atoms with E-state index in [2.05, 4.69) is 57.2 Å². The predicted molar refractivity (Wildman–Crippen MR) is 175 cm³/mol. The van der Waals surface area contributed by atoms with Gasteiger partial charge in [-0.1, -0.05) is 81.4 Å². The standard InChI is InChI=1S/C35H44N2O5Si/c1-24(20-25-12-14-26(15-13-25)21-33(39)40)36-22-31(42-43(5,6)35(2,3)4)28-16-18-30(34-29(28)17-19-32(38)37-34)41-23-27-10-8-7-9-11-27/h7-19,24,31,36H,20-23H2,1-6H3,(H,37,38)(H,39,40)/t24-,31-/m1/s1. The zero-order valence-electron chi connectivity index (χ0n) is 26.1. The van der Waals surface area contributed by atoms with Gasteiger partial charge < -0.3 is 24.6 Å². The van der Waals surface area contributed by atoms with Crippen LogP contribution in [0.4, 0.5) is 0 Å². The molecular weight excluding hydrogens is 556 g/mol. The summed E-state index contributed by atoms with van der Waals surface area (Å²) in [5.74, 6) is -0.206. The van der Waals surface area contributed by atoms with E-state index in [4.69, 9.17) is 14.3 Å². The number of aromatic amines is 1. The molecule has 0 radical (unpaired) electrons. The highest BCUT2D eigenvalue weighted by molar-refractivity contribution is 6.74. The maximum absolute atomic E-state index is 12.4. The van der Waals surface area contributed by atoms with Crippen LogP contribution in [0.25, 0.3) is 10.9 Å². The van der Waals surface area contributed by atoms with Crippen molar-refractivity contribution < 1.29 is 19.1 Å². The minimum Gasteiger partial charge on any atom is -0.487 e. The zero-order chi connectivity index (χ0) is 31.2. The van der Waals surface area contributed by atoms with Crippen LogP contribution in [-0.2, 0) is 28.7 Å². The molecule has 0 bridgehead atoms. The molecular formula is C35H44N2O5Si. The van der Waals surface area contributed by atoms with Crippen molar-refractivity contribution in [3.63, 3.8) is 0 Å². The average Bonchev–Trinajstić information content (AvgIpc) is 2.94. The van der Waals surface area contributed by atoms with E-state index < -0.39 is 14.3 Å². The number of rotatable bonds is 13. The molecule has 0 aliphatic heterocycles. The van der Waals surface area contributed by atoms with Gasteiger partial charge in [-0.25, -0.2) is 0 Å². The molecule has 4 rings (SSSR count). The van der Waals surface area contributed by atoms with E-state index in [1.54, 1.807) is 6.07 Å². The second-order valence-electron chi connectivity index (χ2n) is 12.8. The number of benzene rings is 3. The van der Waals surface area contributed by atoms with Gasteiger partial charge in [-0.3, -0.25) is 9.59 Å². The lowest BCUT2D eigenvalue weighted by Crippen LogP contribution is -2.44. The third kappa shape index (κ3) is 8.66. The van der Waals surface area contributed by atoms with E-state index in [1.807, 2.05) is 66.7 Å². The van der Waals surface area contributed by atoms with Crippen LogP contribution in [0.5, 0.6) is 5.75 Å². The number of pyridine rings is 1. The number of ether oxygens (including phenoxy) is 1. The summed E-state index contributed by atoms with van der Waals surface area (Å²) in [5, 5.41) is 13.7.